The van der Waals surface area contributed by atoms with Gasteiger partial charge in [-0.1, -0.05) is 18.2 Å². The predicted molar refractivity (Wildman–Crippen MR) is 62.3 cm³/mol. The van der Waals surface area contributed by atoms with Crippen molar-refractivity contribution in [1.82, 2.24) is 0 Å². The molecular formula is C11H12ClNO2. The van der Waals surface area contributed by atoms with Gasteiger partial charge in [0, 0.05) is 11.9 Å². The Morgan fingerprint density at radius 2 is 2.13 bits per heavy atom. The Bertz CT molecular complexity index is 413. The smallest absolute Gasteiger partial charge is 0.258 e. The predicted octanol–water partition coefficient (Wildman–Crippen LogP) is 3.46. The Morgan fingerprint density at radius 3 is 2.67 bits per heavy atom. The van der Waals surface area contributed by atoms with E-state index in [9.17, 15) is 10.1 Å². The molecule has 0 aliphatic heterocycles. The number of nitro benzene ring substituents is 1. The Balaban J connectivity index is 3.33. The van der Waals surface area contributed by atoms with Gasteiger partial charge in [0.15, 0.2) is 0 Å². The van der Waals surface area contributed by atoms with Crippen LogP contribution in [0.1, 0.15) is 16.7 Å². The molecule has 0 aliphatic carbocycles. The lowest BCUT2D eigenvalue weighted by Crippen LogP contribution is -1.95. The summed E-state index contributed by atoms with van der Waals surface area (Å²) in [5.74, 6) is 0.352. The van der Waals surface area contributed by atoms with Crippen LogP contribution in [0.2, 0.25) is 0 Å². The molecule has 0 radical (unpaired) electrons. The minimum atomic E-state index is -0.367. The van der Waals surface area contributed by atoms with Gasteiger partial charge < -0.3 is 0 Å². The monoisotopic (exact) mass is 225 g/mol. The number of hydrogen-bond acceptors (Lipinski definition) is 2. The molecule has 1 aromatic rings. The molecule has 4 heteroatoms. The summed E-state index contributed by atoms with van der Waals surface area (Å²) in [7, 11) is 0. The molecule has 1 rings (SSSR count). The number of halogens is 1. The number of hydrogen-bond donors (Lipinski definition) is 0. The van der Waals surface area contributed by atoms with Crippen LogP contribution in [0.25, 0.3) is 6.08 Å². The normalized spacial score (nSPS) is 10.9. The molecule has 0 fully saturated rings. The molecule has 0 N–H and O–H groups in total. The number of nitrogens with zero attached hydrogens (tertiary/aromatic N) is 1. The Labute approximate surface area is 93.5 Å². The second kappa shape index (κ2) is 4.94. The summed E-state index contributed by atoms with van der Waals surface area (Å²) in [6.45, 7) is 3.70. The van der Waals surface area contributed by atoms with E-state index in [1.807, 2.05) is 19.9 Å². The average Bonchev–Trinajstić information content (AvgIpc) is 2.15. The Morgan fingerprint density at radius 1 is 1.47 bits per heavy atom. The van der Waals surface area contributed by atoms with E-state index in [2.05, 4.69) is 0 Å². The van der Waals surface area contributed by atoms with Gasteiger partial charge in [-0.15, -0.1) is 11.6 Å². The zero-order chi connectivity index (χ0) is 11.4. The molecule has 0 unspecified atom stereocenters. The lowest BCUT2D eigenvalue weighted by Gasteiger charge is -2.03. The molecule has 0 bridgehead atoms. The third-order valence-electron chi connectivity index (χ3n) is 2.08. The van der Waals surface area contributed by atoms with E-state index in [0.717, 1.165) is 11.1 Å². The number of allylic oxidation sites excluding steroid dienone is 1. The molecule has 80 valence electrons. The van der Waals surface area contributed by atoms with Crippen molar-refractivity contribution in [1.29, 1.82) is 0 Å². The first-order valence-electron chi connectivity index (χ1n) is 4.54. The van der Waals surface area contributed by atoms with Crippen LogP contribution in [0.5, 0.6) is 0 Å². The third-order valence-corrected chi connectivity index (χ3v) is 2.26. The summed E-state index contributed by atoms with van der Waals surface area (Å²) >= 11 is 5.51. The van der Waals surface area contributed by atoms with Gasteiger partial charge in [-0.05, 0) is 25.0 Å². The summed E-state index contributed by atoms with van der Waals surface area (Å²) in [6.07, 6.45) is 3.39. The maximum atomic E-state index is 10.8. The van der Waals surface area contributed by atoms with Gasteiger partial charge in [0.25, 0.3) is 5.69 Å². The molecule has 0 saturated carbocycles. The summed E-state index contributed by atoms with van der Waals surface area (Å²) < 4.78 is 0. The molecule has 0 aliphatic rings. The van der Waals surface area contributed by atoms with Gasteiger partial charge in [0.05, 0.1) is 10.5 Å². The van der Waals surface area contributed by atoms with Crippen LogP contribution in [-0.4, -0.2) is 10.8 Å². The molecule has 0 aromatic heterocycles. The van der Waals surface area contributed by atoms with Crippen LogP contribution < -0.4 is 0 Å². The average molecular weight is 226 g/mol. The molecule has 0 atom stereocenters. The highest BCUT2D eigenvalue weighted by molar-refractivity contribution is 6.19. The fourth-order valence-electron chi connectivity index (χ4n) is 1.49. The molecule has 3 nitrogen and oxygen atoms in total. The quantitative estimate of drug-likeness (QED) is 0.449. The van der Waals surface area contributed by atoms with Crippen molar-refractivity contribution in [2.24, 2.45) is 0 Å². The van der Waals surface area contributed by atoms with E-state index in [1.165, 1.54) is 0 Å². The first-order valence-corrected chi connectivity index (χ1v) is 5.08. The van der Waals surface area contributed by atoms with E-state index in [0.29, 0.717) is 11.4 Å². The van der Waals surface area contributed by atoms with Crippen molar-refractivity contribution in [2.75, 3.05) is 5.88 Å². The van der Waals surface area contributed by atoms with Gasteiger partial charge >= 0.3 is 0 Å². The summed E-state index contributed by atoms with van der Waals surface area (Å²) in [5.41, 5.74) is 2.55. The minimum Gasteiger partial charge on any atom is -0.258 e. The number of nitro groups is 1. The highest BCUT2D eigenvalue weighted by Gasteiger charge is 2.13. The Hall–Kier alpha value is -1.35. The van der Waals surface area contributed by atoms with Crippen molar-refractivity contribution < 1.29 is 4.92 Å². The van der Waals surface area contributed by atoms with E-state index in [4.69, 9.17) is 11.6 Å². The first-order chi connectivity index (χ1) is 7.06. The summed E-state index contributed by atoms with van der Waals surface area (Å²) in [4.78, 5) is 10.5. The van der Waals surface area contributed by atoms with Crippen molar-refractivity contribution >= 4 is 23.4 Å². The van der Waals surface area contributed by atoms with Gasteiger partial charge in [-0.3, -0.25) is 10.1 Å². The van der Waals surface area contributed by atoms with Crippen molar-refractivity contribution in [3.05, 3.63) is 45.0 Å². The zero-order valence-corrected chi connectivity index (χ0v) is 9.41. The van der Waals surface area contributed by atoms with Gasteiger partial charge in [0.2, 0.25) is 0 Å². The summed E-state index contributed by atoms with van der Waals surface area (Å²) in [6, 6.07) is 3.49. The number of aryl methyl sites for hydroxylation is 2. The molecular weight excluding hydrogens is 214 g/mol. The first kappa shape index (κ1) is 11.7. The van der Waals surface area contributed by atoms with Crippen molar-refractivity contribution in [3.63, 3.8) is 0 Å². The van der Waals surface area contributed by atoms with Gasteiger partial charge in [-0.25, -0.2) is 0 Å². The number of alkyl halides is 1. The Kier molecular flexibility index (Phi) is 3.86. The van der Waals surface area contributed by atoms with Crippen LogP contribution in [0.3, 0.4) is 0 Å². The maximum absolute atomic E-state index is 10.8. The standard InChI is InChI=1S/C11H12ClNO2/c1-8-6-9(2)10(4-3-5-12)11(7-8)13(14)15/h3-4,6-7H,5H2,1-2H3. The second-order valence-corrected chi connectivity index (χ2v) is 3.64. The van der Waals surface area contributed by atoms with Crippen molar-refractivity contribution in [2.45, 2.75) is 13.8 Å². The highest BCUT2D eigenvalue weighted by atomic mass is 35.5. The lowest BCUT2D eigenvalue weighted by atomic mass is 10.0. The third kappa shape index (κ3) is 2.80. The number of benzene rings is 1. The fourth-order valence-corrected chi connectivity index (χ4v) is 1.58. The van der Waals surface area contributed by atoms with Gasteiger partial charge in [-0.2, -0.15) is 0 Å². The molecule has 0 heterocycles. The van der Waals surface area contributed by atoms with Crippen LogP contribution in [0, 0.1) is 24.0 Å². The molecule has 0 amide bonds. The molecule has 15 heavy (non-hydrogen) atoms. The lowest BCUT2D eigenvalue weighted by molar-refractivity contribution is -0.385. The van der Waals surface area contributed by atoms with E-state index in [1.54, 1.807) is 18.2 Å². The molecule has 0 saturated heterocycles. The van der Waals surface area contributed by atoms with E-state index < -0.39 is 0 Å². The van der Waals surface area contributed by atoms with Crippen molar-refractivity contribution in [3.8, 4) is 0 Å². The zero-order valence-electron chi connectivity index (χ0n) is 8.66. The molecule has 1 aromatic carbocycles. The van der Waals surface area contributed by atoms with Crippen LogP contribution in [-0.2, 0) is 0 Å². The van der Waals surface area contributed by atoms with E-state index in [-0.39, 0.29) is 10.6 Å². The number of rotatable bonds is 3. The highest BCUT2D eigenvalue weighted by Crippen LogP contribution is 2.25. The largest absolute Gasteiger partial charge is 0.277 e. The molecule has 0 spiro atoms. The van der Waals surface area contributed by atoms with E-state index >= 15 is 0 Å². The van der Waals surface area contributed by atoms with Crippen LogP contribution >= 0.6 is 11.6 Å². The van der Waals surface area contributed by atoms with Crippen LogP contribution in [0.4, 0.5) is 5.69 Å². The minimum absolute atomic E-state index is 0.133. The summed E-state index contributed by atoms with van der Waals surface area (Å²) in [5, 5.41) is 10.8. The van der Waals surface area contributed by atoms with Gasteiger partial charge in [0.1, 0.15) is 0 Å². The maximum Gasteiger partial charge on any atom is 0.277 e. The SMILES string of the molecule is Cc1cc(C)c(C=CCCl)c([N+](=O)[O-])c1. The van der Waals surface area contributed by atoms with Crippen LogP contribution in [0.15, 0.2) is 18.2 Å². The second-order valence-electron chi connectivity index (χ2n) is 3.33. The topological polar surface area (TPSA) is 43.1 Å². The fraction of sp³-hybridized carbons (Fsp3) is 0.273.